The van der Waals surface area contributed by atoms with E-state index in [0.717, 1.165) is 23.5 Å². The Labute approximate surface area is 165 Å². The van der Waals surface area contributed by atoms with Gasteiger partial charge in [0.1, 0.15) is 0 Å². The van der Waals surface area contributed by atoms with E-state index in [4.69, 9.17) is 5.11 Å². The molecule has 0 aliphatic carbocycles. The maximum absolute atomic E-state index is 11.0. The molecule has 4 heteroatoms. The topological polar surface area (TPSA) is 56.3 Å². The second-order valence-electron chi connectivity index (χ2n) is 8.31. The quantitative estimate of drug-likeness (QED) is 0.631. The Morgan fingerprint density at radius 3 is 2.32 bits per heavy atom. The first-order chi connectivity index (χ1) is 13.3. The van der Waals surface area contributed by atoms with Gasteiger partial charge in [-0.05, 0) is 71.3 Å². The van der Waals surface area contributed by atoms with Crippen LogP contribution in [0.4, 0.5) is 5.69 Å². The molecule has 0 atom stereocenters. The fourth-order valence-corrected chi connectivity index (χ4v) is 4.12. The van der Waals surface area contributed by atoms with Gasteiger partial charge in [-0.3, -0.25) is 0 Å². The van der Waals surface area contributed by atoms with Crippen molar-refractivity contribution in [3.63, 3.8) is 0 Å². The van der Waals surface area contributed by atoms with Crippen LogP contribution in [0.2, 0.25) is 0 Å². The van der Waals surface area contributed by atoms with Crippen LogP contribution in [0.25, 0.3) is 22.5 Å². The van der Waals surface area contributed by atoms with Crippen molar-refractivity contribution in [1.82, 2.24) is 4.98 Å². The van der Waals surface area contributed by atoms with Crippen LogP contribution >= 0.6 is 0 Å². The molecule has 4 rings (SSSR count). The van der Waals surface area contributed by atoms with Crippen LogP contribution in [0.15, 0.2) is 54.6 Å². The molecule has 1 aliphatic heterocycles. The molecule has 0 spiro atoms. The first-order valence-electron chi connectivity index (χ1n) is 9.74. The molecule has 0 fully saturated rings. The highest BCUT2D eigenvalue weighted by Gasteiger charge is 2.28. The number of aromatic amines is 1. The molecular formula is C24H26N2O2. The first kappa shape index (κ1) is 18.4. The lowest BCUT2D eigenvalue weighted by molar-refractivity contribution is 0.0697. The average Bonchev–Trinajstić information content (AvgIpc) is 3.13. The van der Waals surface area contributed by atoms with Gasteiger partial charge in [0, 0.05) is 30.7 Å². The van der Waals surface area contributed by atoms with Crippen LogP contribution in [-0.4, -0.2) is 29.7 Å². The lowest BCUT2D eigenvalue weighted by atomic mass is 9.79. The Bertz CT molecular complexity index is 1020. The number of rotatable bonds is 3. The Hall–Kier alpha value is -3.01. The van der Waals surface area contributed by atoms with E-state index >= 15 is 0 Å². The number of carboxylic acid groups (broad SMARTS) is 1. The zero-order chi connectivity index (χ0) is 19.9. The third-order valence-electron chi connectivity index (χ3n) is 5.87. The van der Waals surface area contributed by atoms with E-state index in [1.807, 2.05) is 18.2 Å². The standard InChI is InChI=1S/C24H26N2O2/c1-24(2)13-4-14-26(3)22-12-9-18(15-19(22)24)21-11-10-20(25-21)16-5-7-17(8-6-16)23(27)28/h5-12,15,25H,4,13-14H2,1-3H3,(H,27,28). The molecule has 4 nitrogen and oxygen atoms in total. The number of nitrogens with one attached hydrogen (secondary N) is 1. The molecule has 28 heavy (non-hydrogen) atoms. The summed E-state index contributed by atoms with van der Waals surface area (Å²) in [5.41, 5.74) is 7.38. The number of fused-ring (bicyclic) bond motifs is 1. The fraction of sp³-hybridized carbons (Fsp3) is 0.292. The van der Waals surface area contributed by atoms with Crippen molar-refractivity contribution in [3.8, 4) is 22.5 Å². The Balaban J connectivity index is 1.69. The normalized spacial score (nSPS) is 15.8. The minimum Gasteiger partial charge on any atom is -0.478 e. The van der Waals surface area contributed by atoms with Crippen molar-refractivity contribution < 1.29 is 9.90 Å². The molecule has 0 radical (unpaired) electrons. The molecule has 2 aromatic carbocycles. The SMILES string of the molecule is CN1CCCC(C)(C)c2cc(-c3ccc(-c4ccc(C(=O)O)cc4)[nH]3)ccc21. The minimum atomic E-state index is -0.906. The highest BCUT2D eigenvalue weighted by Crippen LogP contribution is 2.40. The smallest absolute Gasteiger partial charge is 0.335 e. The number of aromatic carboxylic acids is 1. The van der Waals surface area contributed by atoms with Gasteiger partial charge < -0.3 is 15.0 Å². The number of hydrogen-bond acceptors (Lipinski definition) is 2. The molecule has 1 aromatic heterocycles. The maximum Gasteiger partial charge on any atom is 0.335 e. The summed E-state index contributed by atoms with van der Waals surface area (Å²) in [5.74, 6) is -0.906. The molecule has 0 amide bonds. The molecule has 2 heterocycles. The van der Waals surface area contributed by atoms with Gasteiger partial charge in [-0.2, -0.15) is 0 Å². The van der Waals surface area contributed by atoms with E-state index in [1.54, 1.807) is 12.1 Å². The number of anilines is 1. The summed E-state index contributed by atoms with van der Waals surface area (Å²) in [6, 6.07) is 17.8. The van der Waals surface area contributed by atoms with Crippen LogP contribution in [0.5, 0.6) is 0 Å². The van der Waals surface area contributed by atoms with Gasteiger partial charge >= 0.3 is 5.97 Å². The van der Waals surface area contributed by atoms with Crippen molar-refractivity contribution in [2.75, 3.05) is 18.5 Å². The van der Waals surface area contributed by atoms with Crippen LogP contribution in [-0.2, 0) is 5.41 Å². The van der Waals surface area contributed by atoms with Crippen molar-refractivity contribution in [2.24, 2.45) is 0 Å². The second kappa shape index (κ2) is 6.86. The third-order valence-corrected chi connectivity index (χ3v) is 5.87. The molecule has 0 saturated heterocycles. The minimum absolute atomic E-state index is 0.151. The summed E-state index contributed by atoms with van der Waals surface area (Å²) in [6.45, 7) is 5.76. The maximum atomic E-state index is 11.0. The number of H-pyrrole nitrogens is 1. The van der Waals surface area contributed by atoms with Crippen molar-refractivity contribution in [3.05, 3.63) is 65.7 Å². The number of carboxylic acids is 1. The predicted molar refractivity (Wildman–Crippen MR) is 114 cm³/mol. The van der Waals surface area contributed by atoms with Gasteiger partial charge in [-0.1, -0.05) is 32.0 Å². The van der Waals surface area contributed by atoms with E-state index in [-0.39, 0.29) is 5.41 Å². The molecular weight excluding hydrogens is 348 g/mol. The Kier molecular flexibility index (Phi) is 4.50. The highest BCUT2D eigenvalue weighted by molar-refractivity contribution is 5.88. The molecule has 0 unspecified atom stereocenters. The number of carbonyl (C=O) groups is 1. The summed E-state index contributed by atoms with van der Waals surface area (Å²) < 4.78 is 0. The van der Waals surface area contributed by atoms with Gasteiger partial charge in [0.05, 0.1) is 5.56 Å². The zero-order valence-corrected chi connectivity index (χ0v) is 16.6. The number of hydrogen-bond donors (Lipinski definition) is 2. The summed E-state index contributed by atoms with van der Waals surface area (Å²) in [6.07, 6.45) is 2.38. The van der Waals surface area contributed by atoms with Crippen LogP contribution in [0, 0.1) is 0 Å². The van der Waals surface area contributed by atoms with Crippen molar-refractivity contribution in [1.29, 1.82) is 0 Å². The first-order valence-corrected chi connectivity index (χ1v) is 9.74. The Morgan fingerprint density at radius 2 is 1.64 bits per heavy atom. The molecule has 1 aliphatic rings. The van der Waals surface area contributed by atoms with Gasteiger partial charge in [0.25, 0.3) is 0 Å². The van der Waals surface area contributed by atoms with E-state index in [2.05, 4.69) is 55.0 Å². The van der Waals surface area contributed by atoms with Gasteiger partial charge in [-0.15, -0.1) is 0 Å². The molecule has 2 N–H and O–H groups in total. The van der Waals surface area contributed by atoms with Crippen molar-refractivity contribution >= 4 is 11.7 Å². The van der Waals surface area contributed by atoms with E-state index in [9.17, 15) is 4.79 Å². The second-order valence-corrected chi connectivity index (χ2v) is 8.31. The van der Waals surface area contributed by atoms with Gasteiger partial charge in [-0.25, -0.2) is 4.79 Å². The predicted octanol–water partition coefficient (Wildman–Crippen LogP) is 5.55. The van der Waals surface area contributed by atoms with Gasteiger partial charge in [0.2, 0.25) is 0 Å². The summed E-state index contributed by atoms with van der Waals surface area (Å²) in [7, 11) is 2.17. The van der Waals surface area contributed by atoms with E-state index in [1.165, 1.54) is 29.7 Å². The molecule has 144 valence electrons. The van der Waals surface area contributed by atoms with E-state index < -0.39 is 5.97 Å². The fourth-order valence-electron chi connectivity index (χ4n) is 4.12. The Morgan fingerprint density at radius 1 is 1.00 bits per heavy atom. The van der Waals surface area contributed by atoms with E-state index in [0.29, 0.717) is 5.56 Å². The summed E-state index contributed by atoms with van der Waals surface area (Å²) >= 11 is 0. The summed E-state index contributed by atoms with van der Waals surface area (Å²) in [5, 5.41) is 9.07. The molecule has 3 aromatic rings. The van der Waals surface area contributed by atoms with Crippen molar-refractivity contribution in [2.45, 2.75) is 32.1 Å². The van der Waals surface area contributed by atoms with Crippen LogP contribution in [0.3, 0.4) is 0 Å². The summed E-state index contributed by atoms with van der Waals surface area (Å²) in [4.78, 5) is 16.9. The number of aromatic nitrogens is 1. The third kappa shape index (κ3) is 3.31. The number of benzene rings is 2. The number of nitrogens with zero attached hydrogens (tertiary/aromatic N) is 1. The lowest BCUT2D eigenvalue weighted by Gasteiger charge is -2.27. The lowest BCUT2D eigenvalue weighted by Crippen LogP contribution is -2.19. The largest absolute Gasteiger partial charge is 0.478 e. The highest BCUT2D eigenvalue weighted by atomic mass is 16.4. The molecule has 0 bridgehead atoms. The van der Waals surface area contributed by atoms with Crippen LogP contribution < -0.4 is 4.90 Å². The van der Waals surface area contributed by atoms with Gasteiger partial charge in [0.15, 0.2) is 0 Å². The monoisotopic (exact) mass is 374 g/mol. The van der Waals surface area contributed by atoms with Crippen LogP contribution in [0.1, 0.15) is 42.6 Å². The zero-order valence-electron chi connectivity index (χ0n) is 16.6. The molecule has 0 saturated carbocycles. The average molecular weight is 374 g/mol.